The van der Waals surface area contributed by atoms with Gasteiger partial charge in [0.15, 0.2) is 5.78 Å². The molecule has 29 heavy (non-hydrogen) atoms. The predicted molar refractivity (Wildman–Crippen MR) is 115 cm³/mol. The normalized spacial score (nSPS) is 15.6. The van der Waals surface area contributed by atoms with E-state index in [0.29, 0.717) is 34.5 Å². The lowest BCUT2D eigenvalue weighted by molar-refractivity contribution is 0.0952. The van der Waals surface area contributed by atoms with Gasteiger partial charge in [-0.25, -0.2) is 4.98 Å². The van der Waals surface area contributed by atoms with E-state index in [4.69, 9.17) is 16.3 Å². The molecule has 0 aliphatic heterocycles. The Balaban J connectivity index is 1.76. The monoisotopic (exact) mass is 408 g/mol. The highest BCUT2D eigenvalue weighted by molar-refractivity contribution is 6.30. The number of fused-ring (bicyclic) bond motifs is 1. The Kier molecular flexibility index (Phi) is 5.36. The minimum absolute atomic E-state index is 0.0502. The number of halogens is 1. The standard InChI is InChI=1S/C22H21ClN4O2/c1-13-11-17-20(18(28)12-13)21(25-16-5-3-4-6-19(16)29-2)27-22(26-17)24-15-9-7-14(23)8-10-15/h3-10,13H,11-12H2,1-2H3,(H2,24,25,26,27). The van der Waals surface area contributed by atoms with Crippen molar-refractivity contribution >= 4 is 40.5 Å². The Morgan fingerprint density at radius 3 is 2.55 bits per heavy atom. The summed E-state index contributed by atoms with van der Waals surface area (Å²) < 4.78 is 5.42. The number of para-hydroxylation sites is 2. The van der Waals surface area contributed by atoms with Crippen LogP contribution >= 0.6 is 11.6 Å². The number of benzene rings is 2. The Morgan fingerprint density at radius 2 is 1.79 bits per heavy atom. The number of carbonyl (C=O) groups excluding carboxylic acids is 1. The van der Waals surface area contributed by atoms with E-state index in [2.05, 4.69) is 27.5 Å². The summed E-state index contributed by atoms with van der Waals surface area (Å²) in [5, 5.41) is 7.13. The van der Waals surface area contributed by atoms with Crippen LogP contribution in [0.3, 0.4) is 0 Å². The molecule has 0 saturated carbocycles. The largest absolute Gasteiger partial charge is 0.495 e. The smallest absolute Gasteiger partial charge is 0.229 e. The van der Waals surface area contributed by atoms with Gasteiger partial charge in [0.2, 0.25) is 5.95 Å². The van der Waals surface area contributed by atoms with E-state index in [1.165, 1.54) is 0 Å². The van der Waals surface area contributed by atoms with E-state index in [9.17, 15) is 4.79 Å². The van der Waals surface area contributed by atoms with Crippen molar-refractivity contribution in [3.63, 3.8) is 0 Å². The van der Waals surface area contributed by atoms with Crippen LogP contribution in [0, 0.1) is 5.92 Å². The lowest BCUT2D eigenvalue weighted by atomic mass is 9.87. The van der Waals surface area contributed by atoms with Gasteiger partial charge in [0, 0.05) is 17.1 Å². The van der Waals surface area contributed by atoms with Crippen LogP contribution in [0.25, 0.3) is 0 Å². The number of nitrogens with one attached hydrogen (secondary N) is 2. The zero-order chi connectivity index (χ0) is 20.4. The molecule has 148 valence electrons. The van der Waals surface area contributed by atoms with Crippen molar-refractivity contribution in [2.24, 2.45) is 5.92 Å². The van der Waals surface area contributed by atoms with E-state index in [1.54, 1.807) is 19.2 Å². The first-order chi connectivity index (χ1) is 14.0. The number of hydrogen-bond donors (Lipinski definition) is 2. The van der Waals surface area contributed by atoms with Gasteiger partial charge in [0.1, 0.15) is 11.6 Å². The first-order valence-corrected chi connectivity index (χ1v) is 9.78. The van der Waals surface area contributed by atoms with Crippen LogP contribution in [0.4, 0.5) is 23.1 Å². The third kappa shape index (κ3) is 4.17. The lowest BCUT2D eigenvalue weighted by Crippen LogP contribution is -2.22. The van der Waals surface area contributed by atoms with Crippen LogP contribution in [0.15, 0.2) is 48.5 Å². The summed E-state index contributed by atoms with van der Waals surface area (Å²) >= 11 is 5.97. The molecular formula is C22H21ClN4O2. The average Bonchev–Trinajstić information content (AvgIpc) is 2.69. The fraction of sp³-hybridized carbons (Fsp3) is 0.227. The molecule has 0 spiro atoms. The second-order valence-corrected chi connectivity index (χ2v) is 7.55. The van der Waals surface area contributed by atoms with Crippen molar-refractivity contribution in [3.8, 4) is 5.75 Å². The maximum atomic E-state index is 12.8. The molecular weight excluding hydrogens is 388 g/mol. The molecule has 0 amide bonds. The van der Waals surface area contributed by atoms with Crippen molar-refractivity contribution in [1.29, 1.82) is 0 Å². The molecule has 0 bridgehead atoms. The van der Waals surface area contributed by atoms with E-state index in [0.717, 1.165) is 23.5 Å². The highest BCUT2D eigenvalue weighted by atomic mass is 35.5. The summed E-state index contributed by atoms with van der Waals surface area (Å²) in [7, 11) is 1.61. The molecule has 1 aromatic heterocycles. The number of nitrogens with zero attached hydrogens (tertiary/aromatic N) is 2. The topological polar surface area (TPSA) is 76.1 Å². The minimum atomic E-state index is 0.0502. The van der Waals surface area contributed by atoms with Gasteiger partial charge in [-0.3, -0.25) is 4.79 Å². The molecule has 2 N–H and O–H groups in total. The number of ether oxygens (including phenoxy) is 1. The SMILES string of the molecule is COc1ccccc1Nc1nc(Nc2ccc(Cl)cc2)nc2c1C(=O)CC(C)C2. The fourth-order valence-electron chi connectivity index (χ4n) is 3.45. The van der Waals surface area contributed by atoms with Crippen molar-refractivity contribution in [2.45, 2.75) is 19.8 Å². The molecule has 1 heterocycles. The van der Waals surface area contributed by atoms with Crippen LogP contribution in [0.5, 0.6) is 5.75 Å². The highest BCUT2D eigenvalue weighted by Gasteiger charge is 2.28. The number of ketones is 1. The summed E-state index contributed by atoms with van der Waals surface area (Å²) in [6.07, 6.45) is 1.21. The van der Waals surface area contributed by atoms with Crippen molar-refractivity contribution in [3.05, 3.63) is 64.8 Å². The van der Waals surface area contributed by atoms with Gasteiger partial charge in [0.25, 0.3) is 0 Å². The molecule has 1 unspecified atom stereocenters. The highest BCUT2D eigenvalue weighted by Crippen LogP contribution is 2.34. The van der Waals surface area contributed by atoms with Crippen molar-refractivity contribution < 1.29 is 9.53 Å². The van der Waals surface area contributed by atoms with Gasteiger partial charge in [-0.2, -0.15) is 4.98 Å². The molecule has 2 aromatic carbocycles. The quantitative estimate of drug-likeness (QED) is 0.589. The first-order valence-electron chi connectivity index (χ1n) is 9.40. The van der Waals surface area contributed by atoms with E-state index in [1.807, 2.05) is 36.4 Å². The van der Waals surface area contributed by atoms with Gasteiger partial charge in [-0.15, -0.1) is 0 Å². The number of hydrogen-bond acceptors (Lipinski definition) is 6. The van der Waals surface area contributed by atoms with Crippen LogP contribution in [-0.2, 0) is 6.42 Å². The minimum Gasteiger partial charge on any atom is -0.495 e. The Labute approximate surface area is 174 Å². The second kappa shape index (κ2) is 8.09. The second-order valence-electron chi connectivity index (χ2n) is 7.11. The predicted octanol–water partition coefficient (Wildman–Crippen LogP) is 5.39. The molecule has 0 radical (unpaired) electrons. The summed E-state index contributed by atoms with van der Waals surface area (Å²) in [4.78, 5) is 22.0. The molecule has 0 saturated heterocycles. The third-order valence-corrected chi connectivity index (χ3v) is 5.05. The summed E-state index contributed by atoms with van der Waals surface area (Å²) in [5.74, 6) is 1.86. The van der Waals surface area contributed by atoms with Gasteiger partial charge in [-0.1, -0.05) is 30.7 Å². The third-order valence-electron chi connectivity index (χ3n) is 4.80. The average molecular weight is 409 g/mol. The van der Waals surface area contributed by atoms with Crippen molar-refractivity contribution in [1.82, 2.24) is 9.97 Å². The molecule has 1 atom stereocenters. The summed E-state index contributed by atoms with van der Waals surface area (Å²) in [5.41, 5.74) is 2.85. The number of Topliss-reactive ketones (excluding diaryl/α,β-unsaturated/α-hetero) is 1. The van der Waals surface area contributed by atoms with E-state index < -0.39 is 0 Å². The zero-order valence-corrected chi connectivity index (χ0v) is 17.0. The number of aromatic nitrogens is 2. The van der Waals surface area contributed by atoms with Crippen LogP contribution in [-0.4, -0.2) is 22.9 Å². The van der Waals surface area contributed by atoms with E-state index in [-0.39, 0.29) is 11.7 Å². The van der Waals surface area contributed by atoms with Gasteiger partial charge < -0.3 is 15.4 Å². The number of carbonyl (C=O) groups is 1. The van der Waals surface area contributed by atoms with Crippen LogP contribution in [0.2, 0.25) is 5.02 Å². The number of rotatable bonds is 5. The Morgan fingerprint density at radius 1 is 1.03 bits per heavy atom. The molecule has 1 aliphatic rings. The van der Waals surface area contributed by atoms with Gasteiger partial charge >= 0.3 is 0 Å². The first kappa shape index (κ1) is 19.2. The maximum Gasteiger partial charge on any atom is 0.229 e. The molecule has 6 nitrogen and oxygen atoms in total. The number of anilines is 4. The molecule has 7 heteroatoms. The van der Waals surface area contributed by atoms with Crippen LogP contribution in [0.1, 0.15) is 29.4 Å². The molecule has 3 aromatic rings. The van der Waals surface area contributed by atoms with Crippen LogP contribution < -0.4 is 15.4 Å². The molecule has 0 fully saturated rings. The summed E-state index contributed by atoms with van der Waals surface area (Å²) in [6.45, 7) is 2.06. The molecule has 4 rings (SSSR count). The Bertz CT molecular complexity index is 1050. The Hall–Kier alpha value is -3.12. The summed E-state index contributed by atoms with van der Waals surface area (Å²) in [6, 6.07) is 14.8. The fourth-order valence-corrected chi connectivity index (χ4v) is 3.58. The van der Waals surface area contributed by atoms with Gasteiger partial charge in [0.05, 0.1) is 24.1 Å². The van der Waals surface area contributed by atoms with Gasteiger partial charge in [-0.05, 0) is 48.7 Å². The zero-order valence-electron chi connectivity index (χ0n) is 16.2. The van der Waals surface area contributed by atoms with Crippen molar-refractivity contribution in [2.75, 3.05) is 17.7 Å². The van der Waals surface area contributed by atoms with E-state index >= 15 is 0 Å². The lowest BCUT2D eigenvalue weighted by Gasteiger charge is -2.23. The maximum absolute atomic E-state index is 12.8. The molecule has 1 aliphatic carbocycles. The number of methoxy groups -OCH3 is 1.